The van der Waals surface area contributed by atoms with Crippen molar-refractivity contribution in [3.8, 4) is 5.75 Å². The molecule has 0 aliphatic rings. The van der Waals surface area contributed by atoms with Gasteiger partial charge in [-0.15, -0.1) is 12.4 Å². The van der Waals surface area contributed by atoms with Gasteiger partial charge in [0, 0.05) is 5.56 Å². The van der Waals surface area contributed by atoms with Crippen molar-refractivity contribution in [3.63, 3.8) is 0 Å². The van der Waals surface area contributed by atoms with Gasteiger partial charge in [-0.05, 0) is 17.0 Å². The van der Waals surface area contributed by atoms with E-state index in [2.05, 4.69) is 0 Å². The number of hydrogen-bond acceptors (Lipinski definition) is 3. The third-order valence-electron chi connectivity index (χ3n) is 3.74. The Morgan fingerprint density at radius 3 is 2.17 bits per heavy atom. The van der Waals surface area contributed by atoms with E-state index in [-0.39, 0.29) is 17.8 Å². The van der Waals surface area contributed by atoms with Crippen molar-refractivity contribution in [1.82, 2.24) is 0 Å². The molecular weight excluding hydrogens is 310 g/mol. The average Bonchev–Trinajstić information content (AvgIpc) is 2.52. The fourth-order valence-electron chi connectivity index (χ4n) is 2.33. The molecule has 2 rings (SSSR count). The molecule has 0 saturated carbocycles. The monoisotopic (exact) mass is 335 g/mol. The smallest absolute Gasteiger partial charge is 0.124 e. The Morgan fingerprint density at radius 2 is 1.57 bits per heavy atom. The predicted octanol–water partition coefficient (Wildman–Crippen LogP) is 4.09. The van der Waals surface area contributed by atoms with E-state index < -0.39 is 12.1 Å². The molecule has 0 amide bonds. The van der Waals surface area contributed by atoms with Crippen LogP contribution in [0, 0.1) is 5.41 Å². The van der Waals surface area contributed by atoms with Crippen LogP contribution >= 0.6 is 12.4 Å². The van der Waals surface area contributed by atoms with Crippen molar-refractivity contribution in [1.29, 1.82) is 0 Å². The van der Waals surface area contributed by atoms with Crippen molar-refractivity contribution in [3.05, 3.63) is 65.7 Å². The summed E-state index contributed by atoms with van der Waals surface area (Å²) in [5.41, 5.74) is 7.91. The first kappa shape index (κ1) is 19.5. The van der Waals surface area contributed by atoms with E-state index >= 15 is 0 Å². The fraction of sp³-hybridized carbons (Fsp3) is 0.368. The number of para-hydroxylation sites is 1. The highest BCUT2D eigenvalue weighted by molar-refractivity contribution is 5.85. The number of rotatable bonds is 5. The highest BCUT2D eigenvalue weighted by Gasteiger charge is 2.30. The van der Waals surface area contributed by atoms with Crippen LogP contribution in [0.1, 0.15) is 37.9 Å². The van der Waals surface area contributed by atoms with Crippen molar-refractivity contribution < 1.29 is 9.84 Å². The first-order valence-electron chi connectivity index (χ1n) is 7.59. The Hall–Kier alpha value is -1.55. The summed E-state index contributed by atoms with van der Waals surface area (Å²) >= 11 is 0. The van der Waals surface area contributed by atoms with Crippen LogP contribution in [0.2, 0.25) is 0 Å². The Bertz CT molecular complexity index is 596. The first-order chi connectivity index (χ1) is 10.4. The van der Waals surface area contributed by atoms with Crippen LogP contribution in [0.25, 0.3) is 0 Å². The van der Waals surface area contributed by atoms with Crippen LogP contribution in [-0.2, 0) is 6.61 Å². The Morgan fingerprint density at radius 1 is 1.00 bits per heavy atom. The number of aliphatic hydroxyl groups excluding tert-OH is 1. The lowest BCUT2D eigenvalue weighted by Gasteiger charge is -2.31. The summed E-state index contributed by atoms with van der Waals surface area (Å²) in [5, 5.41) is 10.4. The zero-order valence-corrected chi connectivity index (χ0v) is 14.7. The Balaban J connectivity index is 0.00000264. The molecule has 0 bridgehead atoms. The maximum Gasteiger partial charge on any atom is 0.124 e. The molecule has 23 heavy (non-hydrogen) atoms. The normalized spacial score (nSPS) is 13.8. The molecule has 0 saturated heterocycles. The molecule has 4 heteroatoms. The van der Waals surface area contributed by atoms with Crippen molar-refractivity contribution in [2.75, 3.05) is 0 Å². The van der Waals surface area contributed by atoms with Gasteiger partial charge in [0.15, 0.2) is 0 Å². The molecular formula is C19H26ClNO2. The number of benzene rings is 2. The summed E-state index contributed by atoms with van der Waals surface area (Å²) in [4.78, 5) is 0. The quantitative estimate of drug-likeness (QED) is 0.865. The van der Waals surface area contributed by atoms with E-state index in [0.29, 0.717) is 6.61 Å². The summed E-state index contributed by atoms with van der Waals surface area (Å²) in [6.45, 7) is 6.41. The van der Waals surface area contributed by atoms with Gasteiger partial charge in [0.1, 0.15) is 12.4 Å². The van der Waals surface area contributed by atoms with Gasteiger partial charge in [-0.2, -0.15) is 0 Å². The average molecular weight is 336 g/mol. The summed E-state index contributed by atoms with van der Waals surface area (Å²) in [7, 11) is 0. The molecule has 3 nitrogen and oxygen atoms in total. The molecule has 0 fully saturated rings. The van der Waals surface area contributed by atoms with Gasteiger partial charge >= 0.3 is 0 Å². The van der Waals surface area contributed by atoms with E-state index in [1.54, 1.807) is 0 Å². The van der Waals surface area contributed by atoms with Gasteiger partial charge in [-0.3, -0.25) is 0 Å². The van der Waals surface area contributed by atoms with Crippen molar-refractivity contribution in [2.24, 2.45) is 11.1 Å². The molecule has 0 spiro atoms. The summed E-state index contributed by atoms with van der Waals surface area (Å²) in [5.74, 6) is 0.724. The zero-order valence-electron chi connectivity index (χ0n) is 13.9. The van der Waals surface area contributed by atoms with Crippen LogP contribution in [0.4, 0.5) is 0 Å². The van der Waals surface area contributed by atoms with Crippen LogP contribution in [0.5, 0.6) is 5.75 Å². The van der Waals surface area contributed by atoms with E-state index in [9.17, 15) is 5.11 Å². The molecule has 2 aromatic rings. The van der Waals surface area contributed by atoms with Crippen LogP contribution in [0.15, 0.2) is 54.6 Å². The Kier molecular flexibility index (Phi) is 7.07. The maximum absolute atomic E-state index is 10.4. The summed E-state index contributed by atoms with van der Waals surface area (Å²) in [6, 6.07) is 17.2. The molecule has 2 aromatic carbocycles. The standard InChI is InChI=1S/C19H25NO2.ClH/c1-19(2,3)18(21)17(20)15-11-7-8-12-16(15)22-13-14-9-5-4-6-10-14;/h4-12,17-18,21H,13,20H2,1-3H3;1H/t17-,18-;/m0./s1. The van der Waals surface area contributed by atoms with E-state index in [1.165, 1.54) is 0 Å². The van der Waals surface area contributed by atoms with Gasteiger partial charge < -0.3 is 15.6 Å². The van der Waals surface area contributed by atoms with Gasteiger partial charge in [0.25, 0.3) is 0 Å². The number of aliphatic hydroxyl groups is 1. The highest BCUT2D eigenvalue weighted by atomic mass is 35.5. The van der Waals surface area contributed by atoms with E-state index in [1.807, 2.05) is 75.4 Å². The number of hydrogen-bond donors (Lipinski definition) is 2. The minimum absolute atomic E-state index is 0. The molecule has 0 aromatic heterocycles. The number of nitrogens with two attached hydrogens (primary N) is 1. The lowest BCUT2D eigenvalue weighted by molar-refractivity contribution is 0.0392. The van der Waals surface area contributed by atoms with E-state index in [0.717, 1.165) is 16.9 Å². The van der Waals surface area contributed by atoms with E-state index in [4.69, 9.17) is 10.5 Å². The molecule has 0 unspecified atom stereocenters. The fourth-order valence-corrected chi connectivity index (χ4v) is 2.33. The topological polar surface area (TPSA) is 55.5 Å². The second-order valence-electron chi connectivity index (χ2n) is 6.65. The van der Waals surface area contributed by atoms with Gasteiger partial charge in [0.2, 0.25) is 0 Å². The minimum Gasteiger partial charge on any atom is -0.489 e. The second kappa shape index (κ2) is 8.34. The van der Waals surface area contributed by atoms with Crippen molar-refractivity contribution in [2.45, 2.75) is 39.5 Å². The molecule has 3 N–H and O–H groups in total. The van der Waals surface area contributed by atoms with Crippen LogP contribution in [0.3, 0.4) is 0 Å². The number of ether oxygens (including phenoxy) is 1. The van der Waals surface area contributed by atoms with Crippen LogP contribution < -0.4 is 10.5 Å². The largest absolute Gasteiger partial charge is 0.489 e. The SMILES string of the molecule is CC(C)(C)[C@@H](O)[C@@H](N)c1ccccc1OCc1ccccc1.Cl. The molecule has 0 radical (unpaired) electrons. The minimum atomic E-state index is -0.644. The number of halogens is 1. The third-order valence-corrected chi connectivity index (χ3v) is 3.74. The molecule has 0 aliphatic carbocycles. The van der Waals surface area contributed by atoms with Crippen LogP contribution in [-0.4, -0.2) is 11.2 Å². The van der Waals surface area contributed by atoms with Crippen molar-refractivity contribution >= 4 is 12.4 Å². The van der Waals surface area contributed by atoms with Gasteiger partial charge in [-0.1, -0.05) is 69.3 Å². The lowest BCUT2D eigenvalue weighted by Crippen LogP contribution is -2.37. The molecule has 0 heterocycles. The third kappa shape index (κ3) is 5.24. The lowest BCUT2D eigenvalue weighted by atomic mass is 9.82. The zero-order chi connectivity index (χ0) is 16.2. The van der Waals surface area contributed by atoms with Gasteiger partial charge in [0.05, 0.1) is 12.1 Å². The molecule has 0 aliphatic heterocycles. The first-order valence-corrected chi connectivity index (χ1v) is 7.59. The van der Waals surface area contributed by atoms with Gasteiger partial charge in [-0.25, -0.2) is 0 Å². The molecule has 126 valence electrons. The summed E-state index contributed by atoms with van der Waals surface area (Å²) < 4.78 is 5.92. The predicted molar refractivity (Wildman–Crippen MR) is 96.9 cm³/mol. The highest BCUT2D eigenvalue weighted by Crippen LogP contribution is 2.33. The molecule has 2 atom stereocenters. The second-order valence-corrected chi connectivity index (χ2v) is 6.65. The summed E-state index contributed by atoms with van der Waals surface area (Å²) in [6.07, 6.45) is -0.644. The Labute approximate surface area is 144 Å². The maximum atomic E-state index is 10.4.